The van der Waals surface area contributed by atoms with Crippen molar-refractivity contribution in [2.75, 3.05) is 0 Å². The largest absolute Gasteiger partial charge is 0.329 e. The minimum atomic E-state index is -0.454. The molecule has 0 aromatic heterocycles. The summed E-state index contributed by atoms with van der Waals surface area (Å²) in [6, 6.07) is 12.9. The highest BCUT2D eigenvalue weighted by Gasteiger charge is 2.33. The lowest BCUT2D eigenvalue weighted by Crippen LogP contribution is -2.30. The second kappa shape index (κ2) is 6.04. The number of carbonyl (C=O) groups is 2. The number of nitrogens with one attached hydrogen (secondary N) is 1. The van der Waals surface area contributed by atoms with Crippen molar-refractivity contribution in [1.29, 1.82) is 0 Å². The van der Waals surface area contributed by atoms with E-state index in [-0.39, 0.29) is 24.0 Å². The molecule has 0 unspecified atom stereocenters. The summed E-state index contributed by atoms with van der Waals surface area (Å²) in [7, 11) is 0. The summed E-state index contributed by atoms with van der Waals surface area (Å²) in [5.41, 5.74) is 2.79. The summed E-state index contributed by atoms with van der Waals surface area (Å²) in [5, 5.41) is 2.56. The van der Waals surface area contributed by atoms with E-state index in [1.165, 1.54) is 18.2 Å². The monoisotopic (exact) mass is 310 g/mol. The molecule has 0 atom stereocenters. The number of carbonyl (C=O) groups excluding carboxylic acids is 2. The minimum absolute atomic E-state index is 0.189. The normalized spacial score (nSPS) is 16.1. The first-order valence-electron chi connectivity index (χ1n) is 7.18. The topological polar surface area (TPSA) is 49.4 Å². The molecule has 1 saturated heterocycles. The van der Waals surface area contributed by atoms with Gasteiger partial charge in [0.2, 0.25) is 0 Å². The Bertz CT molecular complexity index is 797. The van der Waals surface area contributed by atoms with Crippen molar-refractivity contribution >= 4 is 18.0 Å². The molecule has 0 radical (unpaired) electrons. The highest BCUT2D eigenvalue weighted by Crippen LogP contribution is 2.17. The van der Waals surface area contributed by atoms with Gasteiger partial charge >= 0.3 is 6.03 Å². The smallest absolute Gasteiger partial charge is 0.303 e. The third-order valence-corrected chi connectivity index (χ3v) is 3.57. The first-order valence-corrected chi connectivity index (χ1v) is 7.18. The van der Waals surface area contributed by atoms with Crippen LogP contribution in [0.5, 0.6) is 0 Å². The molecule has 0 spiro atoms. The third-order valence-electron chi connectivity index (χ3n) is 3.57. The number of imide groups is 1. The van der Waals surface area contributed by atoms with Gasteiger partial charge in [0.15, 0.2) is 0 Å². The molecule has 3 amide bonds. The van der Waals surface area contributed by atoms with E-state index in [0.717, 1.165) is 16.0 Å². The molecule has 3 rings (SSSR count). The van der Waals surface area contributed by atoms with Crippen LogP contribution >= 0.6 is 0 Å². The molecule has 2 aromatic rings. The Kier molecular flexibility index (Phi) is 3.93. The molecule has 1 aliphatic rings. The zero-order valence-corrected chi connectivity index (χ0v) is 12.5. The summed E-state index contributed by atoms with van der Waals surface area (Å²) < 4.78 is 12.9. The molecule has 1 aliphatic heterocycles. The van der Waals surface area contributed by atoms with Crippen LogP contribution in [0.15, 0.2) is 54.2 Å². The number of halogens is 1. The van der Waals surface area contributed by atoms with Gasteiger partial charge < -0.3 is 5.32 Å². The predicted octanol–water partition coefficient (Wildman–Crippen LogP) is 3.23. The van der Waals surface area contributed by atoms with Gasteiger partial charge in [0.1, 0.15) is 11.5 Å². The van der Waals surface area contributed by atoms with Crippen molar-refractivity contribution in [3.8, 4) is 0 Å². The van der Waals surface area contributed by atoms with E-state index in [9.17, 15) is 14.0 Å². The summed E-state index contributed by atoms with van der Waals surface area (Å²) in [4.78, 5) is 25.6. The Morgan fingerprint density at radius 3 is 2.57 bits per heavy atom. The number of nitrogens with zero attached hydrogens (tertiary/aromatic N) is 1. The van der Waals surface area contributed by atoms with Crippen molar-refractivity contribution in [3.05, 3.63) is 76.7 Å². The van der Waals surface area contributed by atoms with E-state index in [2.05, 4.69) is 5.32 Å². The molecular formula is C18H15FN2O2. The molecule has 4 nitrogen and oxygen atoms in total. The van der Waals surface area contributed by atoms with Gasteiger partial charge in [-0.3, -0.25) is 9.69 Å². The first-order chi connectivity index (χ1) is 11.0. The van der Waals surface area contributed by atoms with Gasteiger partial charge in [-0.25, -0.2) is 9.18 Å². The maximum atomic E-state index is 12.9. The van der Waals surface area contributed by atoms with Crippen molar-refractivity contribution in [2.24, 2.45) is 0 Å². The van der Waals surface area contributed by atoms with E-state index >= 15 is 0 Å². The van der Waals surface area contributed by atoms with Gasteiger partial charge in [-0.15, -0.1) is 0 Å². The molecule has 5 heteroatoms. The van der Waals surface area contributed by atoms with E-state index in [1.54, 1.807) is 12.1 Å². The van der Waals surface area contributed by atoms with Crippen LogP contribution in [0.3, 0.4) is 0 Å². The van der Waals surface area contributed by atoms with Gasteiger partial charge in [0.25, 0.3) is 5.91 Å². The van der Waals surface area contributed by atoms with Crippen LogP contribution in [0.1, 0.15) is 16.7 Å². The van der Waals surface area contributed by atoms with Crippen LogP contribution in [0, 0.1) is 12.7 Å². The number of amides is 3. The Hall–Kier alpha value is -2.95. The van der Waals surface area contributed by atoms with E-state index in [0.29, 0.717) is 5.56 Å². The second-order valence-electron chi connectivity index (χ2n) is 5.42. The standard InChI is InChI=1S/C18H15FN2O2/c1-12-3-2-4-14(9-12)11-21-17(22)16(20-18(21)23)10-13-5-7-15(19)8-6-13/h2-10H,11H2,1H3,(H,20,23)/b16-10+. The zero-order chi connectivity index (χ0) is 16.4. The predicted molar refractivity (Wildman–Crippen MR) is 84.6 cm³/mol. The molecular weight excluding hydrogens is 295 g/mol. The molecule has 1 N–H and O–H groups in total. The van der Waals surface area contributed by atoms with Crippen LogP contribution in [0.25, 0.3) is 6.08 Å². The third kappa shape index (κ3) is 3.29. The van der Waals surface area contributed by atoms with Crippen LogP contribution < -0.4 is 5.32 Å². The average Bonchev–Trinajstić information content (AvgIpc) is 2.77. The molecule has 1 fully saturated rings. The number of urea groups is 1. The van der Waals surface area contributed by atoms with Crippen LogP contribution in [0.2, 0.25) is 0 Å². The molecule has 116 valence electrons. The number of benzene rings is 2. The molecule has 0 bridgehead atoms. The van der Waals surface area contributed by atoms with E-state index in [4.69, 9.17) is 0 Å². The summed E-state index contributed by atoms with van der Waals surface area (Å²) in [6.45, 7) is 2.17. The van der Waals surface area contributed by atoms with Gasteiger partial charge in [0, 0.05) is 0 Å². The summed E-state index contributed by atoms with van der Waals surface area (Å²) in [5.74, 6) is -0.740. The Labute approximate surface area is 133 Å². The van der Waals surface area contributed by atoms with Crippen LogP contribution in [-0.4, -0.2) is 16.8 Å². The van der Waals surface area contributed by atoms with E-state index in [1.807, 2.05) is 31.2 Å². The van der Waals surface area contributed by atoms with Crippen molar-refractivity contribution in [3.63, 3.8) is 0 Å². The van der Waals surface area contributed by atoms with E-state index < -0.39 is 6.03 Å². The number of hydrogen-bond acceptors (Lipinski definition) is 2. The lowest BCUT2D eigenvalue weighted by Gasteiger charge is -2.12. The quantitative estimate of drug-likeness (QED) is 0.699. The Morgan fingerprint density at radius 1 is 1.13 bits per heavy atom. The number of hydrogen-bond donors (Lipinski definition) is 1. The lowest BCUT2D eigenvalue weighted by atomic mass is 10.1. The lowest BCUT2D eigenvalue weighted by molar-refractivity contribution is -0.123. The summed E-state index contributed by atoms with van der Waals surface area (Å²) in [6.07, 6.45) is 1.54. The van der Waals surface area contributed by atoms with Crippen molar-refractivity contribution in [1.82, 2.24) is 10.2 Å². The molecule has 23 heavy (non-hydrogen) atoms. The summed E-state index contributed by atoms with van der Waals surface area (Å²) >= 11 is 0. The SMILES string of the molecule is Cc1cccc(CN2C(=O)N/C(=C/c3ccc(F)cc3)C2=O)c1. The van der Waals surface area contributed by atoms with Crippen molar-refractivity contribution in [2.45, 2.75) is 13.5 Å². The molecule has 0 saturated carbocycles. The Morgan fingerprint density at radius 2 is 1.87 bits per heavy atom. The fourth-order valence-electron chi connectivity index (χ4n) is 2.43. The molecule has 0 aliphatic carbocycles. The fourth-order valence-corrected chi connectivity index (χ4v) is 2.43. The van der Waals surface area contributed by atoms with Crippen molar-refractivity contribution < 1.29 is 14.0 Å². The minimum Gasteiger partial charge on any atom is -0.303 e. The van der Waals surface area contributed by atoms with Gasteiger partial charge in [-0.1, -0.05) is 42.0 Å². The van der Waals surface area contributed by atoms with Gasteiger partial charge in [-0.05, 0) is 36.3 Å². The number of aryl methyl sites for hydroxylation is 1. The second-order valence-corrected chi connectivity index (χ2v) is 5.42. The highest BCUT2D eigenvalue weighted by molar-refractivity contribution is 6.13. The maximum Gasteiger partial charge on any atom is 0.329 e. The molecule has 1 heterocycles. The zero-order valence-electron chi connectivity index (χ0n) is 12.5. The first kappa shape index (κ1) is 15.0. The van der Waals surface area contributed by atoms with Gasteiger partial charge in [-0.2, -0.15) is 0 Å². The number of rotatable bonds is 3. The fraction of sp³-hybridized carbons (Fsp3) is 0.111. The highest BCUT2D eigenvalue weighted by atomic mass is 19.1. The Balaban J connectivity index is 1.81. The maximum absolute atomic E-state index is 12.9. The van der Waals surface area contributed by atoms with Gasteiger partial charge in [0.05, 0.1) is 6.54 Å². The van der Waals surface area contributed by atoms with Crippen LogP contribution in [0.4, 0.5) is 9.18 Å². The van der Waals surface area contributed by atoms with Crippen LogP contribution in [-0.2, 0) is 11.3 Å². The molecule has 2 aromatic carbocycles. The average molecular weight is 310 g/mol.